The molecule has 0 aliphatic carbocycles. The Bertz CT molecular complexity index is 1820. The maximum atomic E-state index is 13.5. The minimum absolute atomic E-state index is 0.283. The zero-order valence-corrected chi connectivity index (χ0v) is 24.7. The first-order valence-electron chi connectivity index (χ1n) is 14.0. The first-order valence-corrected chi connectivity index (χ1v) is 14.8. The molecule has 0 saturated carbocycles. The number of nitrogens with zero attached hydrogens (tertiary/aromatic N) is 8. The molecule has 2 N–H and O–H groups in total. The van der Waals surface area contributed by atoms with Crippen molar-refractivity contribution >= 4 is 39.7 Å². The van der Waals surface area contributed by atoms with Gasteiger partial charge in [-0.1, -0.05) is 18.3 Å². The average molecular weight is 596 g/mol. The molecule has 0 bridgehead atoms. The Labute approximate surface area is 252 Å². The summed E-state index contributed by atoms with van der Waals surface area (Å²) in [6.45, 7) is 5.43. The van der Waals surface area contributed by atoms with Gasteiger partial charge in [0, 0.05) is 62.3 Å². The van der Waals surface area contributed by atoms with Gasteiger partial charge in [-0.05, 0) is 55.0 Å². The predicted octanol–water partition coefficient (Wildman–Crippen LogP) is 4.47. The number of fused-ring (bicyclic) bond motifs is 1. The summed E-state index contributed by atoms with van der Waals surface area (Å²) in [6.07, 6.45) is 4.63. The summed E-state index contributed by atoms with van der Waals surface area (Å²) in [6, 6.07) is 16.4. The number of imidazole rings is 1. The number of halogens is 1. The minimum Gasteiger partial charge on any atom is -0.369 e. The fourth-order valence-corrected chi connectivity index (χ4v) is 6.21. The van der Waals surface area contributed by atoms with Crippen molar-refractivity contribution in [2.75, 3.05) is 49.6 Å². The van der Waals surface area contributed by atoms with Gasteiger partial charge in [0.1, 0.15) is 39.7 Å². The highest BCUT2D eigenvalue weighted by atomic mass is 32.1. The lowest BCUT2D eigenvalue weighted by Gasteiger charge is -2.34. The normalized spacial score (nSPS) is 13.8. The number of amides is 1. The number of anilines is 3. The molecular formula is C31H30FN9OS. The smallest absolute Gasteiger partial charge is 0.231 e. The molecule has 0 radical (unpaired) electrons. The Morgan fingerprint density at radius 1 is 1.05 bits per heavy atom. The topological polar surface area (TPSA) is 120 Å². The van der Waals surface area contributed by atoms with Crippen molar-refractivity contribution < 1.29 is 9.18 Å². The maximum absolute atomic E-state index is 13.5. The van der Waals surface area contributed by atoms with Crippen LogP contribution < -0.4 is 15.5 Å². The number of aryl methyl sites for hydroxylation is 1. The summed E-state index contributed by atoms with van der Waals surface area (Å²) >= 11 is 1.29. The zero-order valence-electron chi connectivity index (χ0n) is 23.9. The van der Waals surface area contributed by atoms with E-state index in [0.29, 0.717) is 27.7 Å². The van der Waals surface area contributed by atoms with Crippen LogP contribution >= 0.6 is 11.3 Å². The van der Waals surface area contributed by atoms with Crippen LogP contribution in [0.25, 0.3) is 28.0 Å². The number of nitriles is 1. The number of hydrogen-bond donors (Lipinski definition) is 1. The lowest BCUT2D eigenvalue weighted by atomic mass is 10.1. The monoisotopic (exact) mass is 595 g/mol. The number of rotatable bonds is 8. The van der Waals surface area contributed by atoms with Gasteiger partial charge in [-0.25, -0.2) is 19.3 Å². The van der Waals surface area contributed by atoms with Crippen LogP contribution in [-0.4, -0.2) is 69.9 Å². The Balaban J connectivity index is 1.29. The van der Waals surface area contributed by atoms with Gasteiger partial charge < -0.3 is 15.5 Å². The number of benzene rings is 1. The van der Waals surface area contributed by atoms with E-state index in [2.05, 4.69) is 28.9 Å². The Morgan fingerprint density at radius 2 is 1.77 bits per heavy atom. The molecule has 10 nitrogen and oxygen atoms in total. The first-order chi connectivity index (χ1) is 20.8. The van der Waals surface area contributed by atoms with Crippen LogP contribution in [0.2, 0.25) is 0 Å². The van der Waals surface area contributed by atoms with Crippen molar-refractivity contribution in [2.24, 2.45) is 5.73 Å². The molecule has 0 atom stereocenters. The number of hydrogen-bond acceptors (Lipinski definition) is 9. The molecule has 6 rings (SSSR count). The predicted molar refractivity (Wildman–Crippen MR) is 166 cm³/mol. The van der Waals surface area contributed by atoms with E-state index in [1.165, 1.54) is 23.5 Å². The number of pyridine rings is 2. The second-order valence-electron chi connectivity index (χ2n) is 10.4. The number of carbonyl (C=O) groups is 1. The number of aromatic nitrogens is 4. The SMILES string of the molecule is CCc1nc2ccc(-c3ccc(N4CCN(CC(N)=O)CC4)nc3)cn2c1N(C)c1nc(-c2ccc(F)cc2)c(C#N)s1. The van der Waals surface area contributed by atoms with Crippen molar-refractivity contribution in [1.82, 2.24) is 24.3 Å². The lowest BCUT2D eigenvalue weighted by molar-refractivity contribution is -0.119. The van der Waals surface area contributed by atoms with Gasteiger partial charge in [0.2, 0.25) is 5.91 Å². The van der Waals surface area contributed by atoms with Gasteiger partial charge in [0.25, 0.3) is 0 Å². The third kappa shape index (κ3) is 5.64. The molecule has 218 valence electrons. The quantitative estimate of drug-likeness (QED) is 0.279. The lowest BCUT2D eigenvalue weighted by Crippen LogP contribution is -2.49. The van der Waals surface area contributed by atoms with Crippen LogP contribution in [0.4, 0.5) is 21.2 Å². The molecule has 1 aliphatic rings. The number of thiazole rings is 1. The number of nitrogens with two attached hydrogens (primary N) is 1. The molecule has 1 saturated heterocycles. The molecule has 5 heterocycles. The van der Waals surface area contributed by atoms with Gasteiger partial charge in [-0.2, -0.15) is 5.26 Å². The number of carbonyl (C=O) groups excluding carboxylic acids is 1. The van der Waals surface area contributed by atoms with Gasteiger partial charge in [-0.15, -0.1) is 0 Å². The molecule has 1 aromatic carbocycles. The van der Waals surface area contributed by atoms with Gasteiger partial charge in [0.05, 0.1) is 12.2 Å². The van der Waals surface area contributed by atoms with Crippen LogP contribution in [0.1, 0.15) is 17.5 Å². The highest BCUT2D eigenvalue weighted by Crippen LogP contribution is 2.37. The largest absolute Gasteiger partial charge is 0.369 e. The molecule has 0 spiro atoms. The molecule has 0 unspecified atom stereocenters. The average Bonchev–Trinajstić information content (AvgIpc) is 3.63. The van der Waals surface area contributed by atoms with E-state index >= 15 is 0 Å². The third-order valence-electron chi connectivity index (χ3n) is 7.59. The molecule has 1 aliphatic heterocycles. The highest BCUT2D eigenvalue weighted by Gasteiger charge is 2.23. The van der Waals surface area contributed by atoms with E-state index in [9.17, 15) is 14.4 Å². The summed E-state index contributed by atoms with van der Waals surface area (Å²) in [5, 5.41) is 10.5. The fraction of sp³-hybridized carbons (Fsp3) is 0.258. The summed E-state index contributed by atoms with van der Waals surface area (Å²) in [4.78, 5) is 32.3. The van der Waals surface area contributed by atoms with Gasteiger partial charge >= 0.3 is 0 Å². The van der Waals surface area contributed by atoms with E-state index in [0.717, 1.165) is 60.3 Å². The van der Waals surface area contributed by atoms with E-state index in [-0.39, 0.29) is 18.3 Å². The summed E-state index contributed by atoms with van der Waals surface area (Å²) < 4.78 is 15.6. The number of primary amides is 1. The van der Waals surface area contributed by atoms with Crippen LogP contribution in [0.3, 0.4) is 0 Å². The van der Waals surface area contributed by atoms with Crippen molar-refractivity contribution in [3.05, 3.63) is 77.3 Å². The molecule has 5 aromatic rings. The molecule has 4 aromatic heterocycles. The van der Waals surface area contributed by atoms with Gasteiger partial charge in [0.15, 0.2) is 5.13 Å². The van der Waals surface area contributed by atoms with Crippen LogP contribution in [0.5, 0.6) is 0 Å². The van der Waals surface area contributed by atoms with Crippen molar-refractivity contribution in [3.63, 3.8) is 0 Å². The highest BCUT2D eigenvalue weighted by molar-refractivity contribution is 7.16. The summed E-state index contributed by atoms with van der Waals surface area (Å²) in [5.41, 5.74) is 10.2. The first kappa shape index (κ1) is 28.3. The van der Waals surface area contributed by atoms with Gasteiger partial charge in [-0.3, -0.25) is 14.1 Å². The van der Waals surface area contributed by atoms with Crippen molar-refractivity contribution in [3.8, 4) is 28.5 Å². The molecule has 1 fully saturated rings. The molecule has 1 amide bonds. The van der Waals surface area contributed by atoms with E-state index in [4.69, 9.17) is 20.7 Å². The van der Waals surface area contributed by atoms with E-state index < -0.39 is 0 Å². The second kappa shape index (κ2) is 11.8. The van der Waals surface area contributed by atoms with Crippen LogP contribution in [0.15, 0.2) is 60.9 Å². The summed E-state index contributed by atoms with van der Waals surface area (Å²) in [5.74, 6) is 1.11. The maximum Gasteiger partial charge on any atom is 0.231 e. The van der Waals surface area contributed by atoms with E-state index in [1.54, 1.807) is 12.1 Å². The molecule has 43 heavy (non-hydrogen) atoms. The zero-order chi connectivity index (χ0) is 30.1. The standard InChI is InChI=1S/C31H30FN9OS/c1-3-24-30(38(2)31-37-29(25(16-33)43-31)20-4-8-23(32)9-5-20)41-18-22(7-11-28(41)36-24)21-6-10-27(35-17-21)40-14-12-39(13-15-40)19-26(34)42/h4-11,17-18H,3,12-15,19H2,1-2H3,(H2,34,42). The Hall–Kier alpha value is -4.86. The fourth-order valence-electron chi connectivity index (χ4n) is 5.37. The third-order valence-corrected chi connectivity index (χ3v) is 8.63. The number of piperazine rings is 1. The van der Waals surface area contributed by atoms with Crippen molar-refractivity contribution in [1.29, 1.82) is 5.26 Å². The minimum atomic E-state index is -0.339. The van der Waals surface area contributed by atoms with Crippen LogP contribution in [-0.2, 0) is 11.2 Å². The Kier molecular flexibility index (Phi) is 7.75. The molecule has 12 heteroatoms. The van der Waals surface area contributed by atoms with E-state index in [1.807, 2.05) is 46.9 Å². The summed E-state index contributed by atoms with van der Waals surface area (Å²) in [7, 11) is 1.92. The Morgan fingerprint density at radius 3 is 2.42 bits per heavy atom. The van der Waals surface area contributed by atoms with Crippen molar-refractivity contribution in [2.45, 2.75) is 13.3 Å². The second-order valence-corrected chi connectivity index (χ2v) is 11.3. The molecular weight excluding hydrogens is 565 g/mol. The van der Waals surface area contributed by atoms with Crippen LogP contribution in [0, 0.1) is 17.1 Å².